The Morgan fingerprint density at radius 3 is 2.70 bits per heavy atom. The lowest BCUT2D eigenvalue weighted by Gasteiger charge is -2.36. The van der Waals surface area contributed by atoms with Crippen LogP contribution in [-0.4, -0.2) is 79.8 Å². The van der Waals surface area contributed by atoms with Gasteiger partial charge in [0.15, 0.2) is 0 Å². The Labute approximate surface area is 135 Å². The summed E-state index contributed by atoms with van der Waals surface area (Å²) in [5.74, 6) is 1.56. The molecule has 2 saturated heterocycles. The summed E-state index contributed by atoms with van der Waals surface area (Å²) in [6.45, 7) is 3.00. The molecule has 3 rings (SSSR count). The van der Waals surface area contributed by atoms with E-state index in [-0.39, 0.29) is 24.9 Å². The zero-order chi connectivity index (χ0) is 16.4. The van der Waals surface area contributed by atoms with Gasteiger partial charge in [0, 0.05) is 59.4 Å². The van der Waals surface area contributed by atoms with Crippen LogP contribution in [0.3, 0.4) is 0 Å². The van der Waals surface area contributed by atoms with Gasteiger partial charge >= 0.3 is 0 Å². The highest BCUT2D eigenvalue weighted by Crippen LogP contribution is 2.18. The fourth-order valence-electron chi connectivity index (χ4n) is 2.99. The first-order valence-corrected chi connectivity index (χ1v) is 7.96. The van der Waals surface area contributed by atoms with Gasteiger partial charge in [-0.2, -0.15) is 4.98 Å². The van der Waals surface area contributed by atoms with Crippen LogP contribution in [0.1, 0.15) is 6.42 Å². The van der Waals surface area contributed by atoms with Crippen molar-refractivity contribution in [3.05, 3.63) is 12.3 Å². The van der Waals surface area contributed by atoms with Gasteiger partial charge in [0.2, 0.25) is 11.9 Å². The van der Waals surface area contributed by atoms with Crippen LogP contribution in [-0.2, 0) is 4.79 Å². The zero-order valence-corrected chi connectivity index (χ0v) is 13.6. The Balaban J connectivity index is 1.58. The molecule has 23 heavy (non-hydrogen) atoms. The third-order valence-corrected chi connectivity index (χ3v) is 4.32. The van der Waals surface area contributed by atoms with Crippen LogP contribution in [0.2, 0.25) is 0 Å². The monoisotopic (exact) mass is 322 g/mol. The molecule has 8 heteroatoms. The number of carbonyl (C=O) groups is 1. The predicted molar refractivity (Wildman–Crippen MR) is 86.5 cm³/mol. The predicted octanol–water partition coefficient (Wildman–Crippen LogP) is -0.109. The van der Waals surface area contributed by atoms with Crippen LogP contribution in [0, 0.1) is 0 Å². The molecule has 0 bridgehead atoms. The van der Waals surface area contributed by atoms with Crippen LogP contribution in [0.5, 0.6) is 0 Å². The van der Waals surface area contributed by atoms with Crippen molar-refractivity contribution in [3.63, 3.8) is 0 Å². The molecule has 3 heterocycles. The second-order valence-corrected chi connectivity index (χ2v) is 6.22. The first-order chi connectivity index (χ1) is 11.0. The highest BCUT2D eigenvalue weighted by atomic mass is 19.1. The number of anilines is 2. The van der Waals surface area contributed by atoms with Gasteiger partial charge in [-0.15, -0.1) is 0 Å². The highest BCUT2D eigenvalue weighted by molar-refractivity contribution is 5.82. The molecule has 2 fully saturated rings. The van der Waals surface area contributed by atoms with Crippen molar-refractivity contribution in [3.8, 4) is 0 Å². The third kappa shape index (κ3) is 3.52. The molecule has 0 aromatic carbocycles. The van der Waals surface area contributed by atoms with Gasteiger partial charge in [-0.25, -0.2) is 9.37 Å². The average Bonchev–Trinajstić information content (AvgIpc) is 3.01. The summed E-state index contributed by atoms with van der Waals surface area (Å²) in [6.07, 6.45) is 1.13. The molecular weight excluding hydrogens is 299 g/mol. The van der Waals surface area contributed by atoms with E-state index in [4.69, 9.17) is 0 Å². The summed E-state index contributed by atoms with van der Waals surface area (Å²) in [7, 11) is 3.81. The Bertz CT molecular complexity index is 561. The van der Waals surface area contributed by atoms with E-state index in [0.717, 1.165) is 18.9 Å². The fourth-order valence-corrected chi connectivity index (χ4v) is 2.99. The number of alkyl halides is 1. The second kappa shape index (κ2) is 6.66. The number of halogens is 1. The molecule has 2 atom stereocenters. The summed E-state index contributed by atoms with van der Waals surface area (Å²) >= 11 is 0. The van der Waals surface area contributed by atoms with Crippen LogP contribution in [0.15, 0.2) is 12.3 Å². The fraction of sp³-hybridized carbons (Fsp3) is 0.667. The van der Waals surface area contributed by atoms with E-state index >= 15 is 0 Å². The van der Waals surface area contributed by atoms with Gasteiger partial charge in [0.05, 0.1) is 6.04 Å². The number of nitrogens with zero attached hydrogens (tertiary/aromatic N) is 5. The van der Waals surface area contributed by atoms with Gasteiger partial charge in [-0.3, -0.25) is 4.79 Å². The third-order valence-electron chi connectivity index (χ3n) is 4.32. The van der Waals surface area contributed by atoms with E-state index in [0.29, 0.717) is 19.0 Å². The number of amides is 1. The Morgan fingerprint density at radius 1 is 1.35 bits per heavy atom. The molecule has 126 valence electrons. The maximum atomic E-state index is 13.2. The lowest BCUT2D eigenvalue weighted by Crippen LogP contribution is -2.53. The first kappa shape index (κ1) is 15.9. The number of hydrogen-bond donors (Lipinski definition) is 1. The maximum Gasteiger partial charge on any atom is 0.239 e. The molecule has 0 unspecified atom stereocenters. The van der Waals surface area contributed by atoms with E-state index in [2.05, 4.69) is 20.2 Å². The van der Waals surface area contributed by atoms with E-state index in [9.17, 15) is 9.18 Å². The molecule has 0 saturated carbocycles. The van der Waals surface area contributed by atoms with Gasteiger partial charge in [-0.05, 0) is 6.07 Å². The molecule has 0 radical (unpaired) electrons. The van der Waals surface area contributed by atoms with Gasteiger partial charge in [0.1, 0.15) is 12.0 Å². The van der Waals surface area contributed by atoms with Crippen molar-refractivity contribution < 1.29 is 9.18 Å². The standard InChI is InChI=1S/C15H23FN6O/c1-20(2)15-17-4-3-13(19-15)21-5-7-22(8-6-21)14(23)12-9-11(16)10-18-12/h3-4,11-12,18H,5-10H2,1-2H3/t11-,12+/m0/s1. The molecule has 1 aromatic heterocycles. The number of rotatable bonds is 3. The van der Waals surface area contributed by atoms with Gasteiger partial charge < -0.3 is 20.0 Å². The lowest BCUT2D eigenvalue weighted by molar-refractivity contribution is -0.133. The summed E-state index contributed by atoms with van der Waals surface area (Å²) in [4.78, 5) is 27.0. The minimum atomic E-state index is -0.907. The summed E-state index contributed by atoms with van der Waals surface area (Å²) in [6, 6.07) is 1.52. The molecule has 7 nitrogen and oxygen atoms in total. The summed E-state index contributed by atoms with van der Waals surface area (Å²) < 4.78 is 13.2. The summed E-state index contributed by atoms with van der Waals surface area (Å²) in [5, 5.41) is 2.96. The van der Waals surface area contributed by atoms with Crippen molar-refractivity contribution in [1.29, 1.82) is 0 Å². The number of carbonyl (C=O) groups excluding carboxylic acids is 1. The van der Waals surface area contributed by atoms with Gasteiger partial charge in [0.25, 0.3) is 0 Å². The molecule has 0 spiro atoms. The molecule has 1 N–H and O–H groups in total. The molecular formula is C15H23FN6O. The molecule has 0 aliphatic carbocycles. The van der Waals surface area contributed by atoms with E-state index in [1.165, 1.54) is 0 Å². The van der Waals surface area contributed by atoms with Crippen molar-refractivity contribution in [1.82, 2.24) is 20.2 Å². The van der Waals surface area contributed by atoms with Crippen molar-refractivity contribution >= 4 is 17.7 Å². The van der Waals surface area contributed by atoms with E-state index < -0.39 is 6.17 Å². The normalized spacial score (nSPS) is 24.8. The highest BCUT2D eigenvalue weighted by Gasteiger charge is 2.33. The molecule has 1 amide bonds. The SMILES string of the molecule is CN(C)c1nccc(N2CCN(C(=O)[C@H]3C[C@H](F)CN3)CC2)n1. The molecule has 1 aromatic rings. The molecule has 2 aliphatic rings. The Morgan fingerprint density at radius 2 is 2.09 bits per heavy atom. The van der Waals surface area contributed by atoms with E-state index in [1.807, 2.05) is 30.0 Å². The van der Waals surface area contributed by atoms with E-state index in [1.54, 1.807) is 6.20 Å². The second-order valence-electron chi connectivity index (χ2n) is 6.22. The van der Waals surface area contributed by atoms with Crippen molar-refractivity contribution in [2.24, 2.45) is 0 Å². The quantitative estimate of drug-likeness (QED) is 0.838. The van der Waals surface area contributed by atoms with Crippen LogP contribution in [0.4, 0.5) is 16.2 Å². The van der Waals surface area contributed by atoms with Crippen molar-refractivity contribution in [2.45, 2.75) is 18.6 Å². The molecule has 2 aliphatic heterocycles. The minimum Gasteiger partial charge on any atom is -0.353 e. The number of nitrogens with one attached hydrogen (secondary N) is 1. The minimum absolute atomic E-state index is 0.0152. The number of hydrogen-bond acceptors (Lipinski definition) is 6. The number of piperazine rings is 1. The average molecular weight is 322 g/mol. The number of aromatic nitrogens is 2. The van der Waals surface area contributed by atoms with Gasteiger partial charge in [-0.1, -0.05) is 0 Å². The van der Waals surface area contributed by atoms with Crippen molar-refractivity contribution in [2.75, 3.05) is 56.6 Å². The van der Waals surface area contributed by atoms with Crippen LogP contribution in [0.25, 0.3) is 0 Å². The van der Waals surface area contributed by atoms with Crippen LogP contribution < -0.4 is 15.1 Å². The van der Waals surface area contributed by atoms with Crippen LogP contribution >= 0.6 is 0 Å². The largest absolute Gasteiger partial charge is 0.353 e. The first-order valence-electron chi connectivity index (χ1n) is 7.96. The topological polar surface area (TPSA) is 64.6 Å². The Kier molecular flexibility index (Phi) is 4.61. The zero-order valence-electron chi connectivity index (χ0n) is 13.6. The Hall–Kier alpha value is -1.96. The lowest BCUT2D eigenvalue weighted by atomic mass is 10.1. The maximum absolute atomic E-state index is 13.2. The summed E-state index contributed by atoms with van der Waals surface area (Å²) in [5.41, 5.74) is 0. The smallest absolute Gasteiger partial charge is 0.239 e.